The number of hydrogen-bond acceptors (Lipinski definition) is 2. The first-order valence-electron chi connectivity index (χ1n) is 17.5. The predicted octanol–water partition coefficient (Wildman–Crippen LogP) is 13.2. The monoisotopic (exact) mass is 645 g/mol. The predicted molar refractivity (Wildman–Crippen MR) is 210 cm³/mol. The van der Waals surface area contributed by atoms with E-state index in [0.29, 0.717) is 0 Å². The summed E-state index contributed by atoms with van der Waals surface area (Å²) in [6.45, 7) is 9.34. The minimum absolute atomic E-state index is 0.111. The summed E-state index contributed by atoms with van der Waals surface area (Å²) in [6, 6.07) is 54.6. The van der Waals surface area contributed by atoms with Crippen molar-refractivity contribution in [2.24, 2.45) is 0 Å². The Kier molecular flexibility index (Phi) is 6.86. The zero-order chi connectivity index (χ0) is 34.0. The maximum Gasteiger partial charge on any atom is 0.155 e. The highest BCUT2D eigenvalue weighted by Crippen LogP contribution is 2.60. The van der Waals surface area contributed by atoms with Gasteiger partial charge in [0.05, 0.1) is 11.4 Å². The average molecular weight is 646 g/mol. The Balaban J connectivity index is 1.24. The molecular weight excluding hydrogens is 607 g/mol. The van der Waals surface area contributed by atoms with Crippen LogP contribution in [0.1, 0.15) is 61.1 Å². The van der Waals surface area contributed by atoms with Crippen LogP contribution in [-0.2, 0) is 10.8 Å². The van der Waals surface area contributed by atoms with E-state index in [4.69, 9.17) is 4.74 Å². The third kappa shape index (κ3) is 4.63. The molecule has 50 heavy (non-hydrogen) atoms. The molecule has 0 amide bonds. The smallest absolute Gasteiger partial charge is 0.155 e. The molecule has 0 fully saturated rings. The fourth-order valence-corrected chi connectivity index (χ4v) is 8.21. The van der Waals surface area contributed by atoms with Crippen molar-refractivity contribution in [3.05, 3.63) is 185 Å². The van der Waals surface area contributed by atoms with Gasteiger partial charge >= 0.3 is 0 Å². The fourth-order valence-electron chi connectivity index (χ4n) is 8.21. The average Bonchev–Trinajstić information content (AvgIpc) is 3.38. The van der Waals surface area contributed by atoms with Crippen molar-refractivity contribution >= 4 is 40.0 Å². The van der Waals surface area contributed by atoms with Gasteiger partial charge in [0.15, 0.2) is 5.75 Å². The molecule has 2 heteroatoms. The Morgan fingerprint density at radius 3 is 1.86 bits per heavy atom. The van der Waals surface area contributed by atoms with E-state index < -0.39 is 0 Å². The largest absolute Gasteiger partial charge is 0.454 e. The van der Waals surface area contributed by atoms with Crippen molar-refractivity contribution in [1.29, 1.82) is 0 Å². The molecule has 1 aliphatic heterocycles. The molecule has 0 atom stereocenters. The topological polar surface area (TPSA) is 12.5 Å². The standard InChI is InChI=1S/C48H39NO/c1-47(2)38-20-11-10-19-37(38)44-39(47)30-31-41-46(44)50-45-40(48(41,3)4)21-13-23-43(45)49(42-22-12-17-34-16-8-9-18-36(34)42)35-28-26-33(27-29-35)25-24-32-14-6-5-7-15-32/h5-31H,1-4H3/b25-24+. The minimum Gasteiger partial charge on any atom is -0.454 e. The Hall–Kier alpha value is -5.86. The first kappa shape index (κ1) is 30.2. The molecule has 0 saturated heterocycles. The second-order valence-corrected chi connectivity index (χ2v) is 14.6. The molecule has 7 aromatic carbocycles. The number of fused-ring (bicyclic) bond motifs is 7. The second kappa shape index (κ2) is 11.4. The molecule has 0 N–H and O–H groups in total. The van der Waals surface area contributed by atoms with Crippen molar-refractivity contribution in [1.82, 2.24) is 0 Å². The number of hydrogen-bond donors (Lipinski definition) is 0. The molecule has 2 aliphatic rings. The van der Waals surface area contributed by atoms with E-state index in [0.717, 1.165) is 34.1 Å². The van der Waals surface area contributed by atoms with Crippen LogP contribution in [0.3, 0.4) is 0 Å². The summed E-state index contributed by atoms with van der Waals surface area (Å²) in [6.07, 6.45) is 4.34. The van der Waals surface area contributed by atoms with Crippen molar-refractivity contribution in [2.45, 2.75) is 38.5 Å². The molecule has 242 valence electrons. The molecule has 0 spiro atoms. The zero-order valence-electron chi connectivity index (χ0n) is 28.9. The summed E-state index contributed by atoms with van der Waals surface area (Å²) in [5.74, 6) is 1.88. The molecule has 0 unspecified atom stereocenters. The fraction of sp³-hybridized carbons (Fsp3) is 0.125. The molecule has 7 aromatic rings. The summed E-state index contributed by atoms with van der Waals surface area (Å²) in [5, 5.41) is 2.39. The zero-order valence-corrected chi connectivity index (χ0v) is 28.9. The van der Waals surface area contributed by atoms with Crippen LogP contribution in [0.4, 0.5) is 17.1 Å². The number of para-hydroxylation sites is 1. The van der Waals surface area contributed by atoms with Crippen LogP contribution < -0.4 is 9.64 Å². The molecule has 0 saturated carbocycles. The third-order valence-electron chi connectivity index (χ3n) is 10.9. The molecule has 1 heterocycles. The van der Waals surface area contributed by atoms with Crippen molar-refractivity contribution in [2.75, 3.05) is 4.90 Å². The quantitative estimate of drug-likeness (QED) is 0.173. The lowest BCUT2D eigenvalue weighted by molar-refractivity contribution is 0.420. The van der Waals surface area contributed by atoms with Gasteiger partial charge in [0.2, 0.25) is 0 Å². The van der Waals surface area contributed by atoms with Gasteiger partial charge < -0.3 is 9.64 Å². The van der Waals surface area contributed by atoms with E-state index in [9.17, 15) is 0 Å². The maximum atomic E-state index is 7.33. The van der Waals surface area contributed by atoms with E-state index in [2.05, 4.69) is 190 Å². The van der Waals surface area contributed by atoms with E-state index in [1.54, 1.807) is 0 Å². The second-order valence-electron chi connectivity index (χ2n) is 14.6. The van der Waals surface area contributed by atoms with Gasteiger partial charge in [0, 0.05) is 38.6 Å². The van der Waals surface area contributed by atoms with Crippen LogP contribution in [0.2, 0.25) is 0 Å². The van der Waals surface area contributed by atoms with Gasteiger partial charge in [-0.1, -0.05) is 167 Å². The van der Waals surface area contributed by atoms with Crippen molar-refractivity contribution in [3.63, 3.8) is 0 Å². The van der Waals surface area contributed by atoms with Crippen LogP contribution >= 0.6 is 0 Å². The van der Waals surface area contributed by atoms with Crippen molar-refractivity contribution < 1.29 is 4.74 Å². The molecule has 0 bridgehead atoms. The lowest BCUT2D eigenvalue weighted by Gasteiger charge is -2.39. The Labute approximate surface area is 294 Å². The van der Waals surface area contributed by atoms with Gasteiger partial charge in [-0.3, -0.25) is 0 Å². The maximum absolute atomic E-state index is 7.33. The van der Waals surface area contributed by atoms with Gasteiger partial charge in [-0.15, -0.1) is 0 Å². The molecular formula is C48H39NO. The number of nitrogens with zero attached hydrogens (tertiary/aromatic N) is 1. The van der Waals surface area contributed by atoms with Gasteiger partial charge in [0.25, 0.3) is 0 Å². The number of benzene rings is 7. The number of rotatable bonds is 5. The third-order valence-corrected chi connectivity index (χ3v) is 10.9. The van der Waals surface area contributed by atoms with E-state index in [1.807, 2.05) is 6.07 Å². The Morgan fingerprint density at radius 1 is 0.460 bits per heavy atom. The molecule has 9 rings (SSSR count). The Morgan fingerprint density at radius 2 is 1.04 bits per heavy atom. The lowest BCUT2D eigenvalue weighted by atomic mass is 9.73. The van der Waals surface area contributed by atoms with Crippen LogP contribution in [0.25, 0.3) is 34.1 Å². The first-order valence-corrected chi connectivity index (χ1v) is 17.5. The number of anilines is 3. The SMILES string of the molecule is CC1(C)c2cccc(N(c3ccc(/C=C/c4ccccc4)cc3)c3cccc4ccccc34)c2Oc2c1ccc1c2-c2ccccc2C1(C)C. The molecule has 0 aromatic heterocycles. The molecule has 1 aliphatic carbocycles. The van der Waals surface area contributed by atoms with E-state index in [1.165, 1.54) is 49.7 Å². The van der Waals surface area contributed by atoms with Crippen molar-refractivity contribution in [3.8, 4) is 22.6 Å². The van der Waals surface area contributed by atoms with Crippen LogP contribution in [0, 0.1) is 0 Å². The van der Waals surface area contributed by atoms with Crippen LogP contribution in [-0.4, -0.2) is 0 Å². The van der Waals surface area contributed by atoms with Crippen LogP contribution in [0.5, 0.6) is 11.5 Å². The first-order chi connectivity index (χ1) is 24.3. The van der Waals surface area contributed by atoms with E-state index in [-0.39, 0.29) is 10.8 Å². The minimum atomic E-state index is -0.286. The molecule has 2 nitrogen and oxygen atoms in total. The summed E-state index contributed by atoms with van der Waals surface area (Å²) in [4.78, 5) is 2.38. The van der Waals surface area contributed by atoms with Gasteiger partial charge in [-0.2, -0.15) is 0 Å². The lowest BCUT2D eigenvalue weighted by Crippen LogP contribution is -2.26. The van der Waals surface area contributed by atoms with Gasteiger partial charge in [0.1, 0.15) is 5.75 Å². The number of ether oxygens (including phenoxy) is 1. The highest BCUT2D eigenvalue weighted by Gasteiger charge is 2.43. The summed E-state index contributed by atoms with van der Waals surface area (Å²) in [7, 11) is 0. The summed E-state index contributed by atoms with van der Waals surface area (Å²) < 4.78 is 7.33. The Bertz CT molecular complexity index is 2450. The van der Waals surface area contributed by atoms with Gasteiger partial charge in [-0.25, -0.2) is 0 Å². The van der Waals surface area contributed by atoms with Gasteiger partial charge in [-0.05, 0) is 57.5 Å². The van der Waals surface area contributed by atoms with Crippen LogP contribution in [0.15, 0.2) is 152 Å². The van der Waals surface area contributed by atoms with E-state index >= 15 is 0 Å². The molecule has 0 radical (unpaired) electrons. The highest BCUT2D eigenvalue weighted by atomic mass is 16.5. The normalized spacial score (nSPS) is 14.8. The summed E-state index contributed by atoms with van der Waals surface area (Å²) >= 11 is 0. The highest BCUT2D eigenvalue weighted by molar-refractivity contribution is 6.00. The summed E-state index contributed by atoms with van der Waals surface area (Å²) in [5.41, 5.74) is 12.7.